The Morgan fingerprint density at radius 2 is 1.68 bits per heavy atom. The van der Waals surface area contributed by atoms with Gasteiger partial charge in [0.25, 0.3) is 5.91 Å². The van der Waals surface area contributed by atoms with Gasteiger partial charge in [0.1, 0.15) is 5.75 Å². The third kappa shape index (κ3) is 3.84. The van der Waals surface area contributed by atoms with Gasteiger partial charge in [-0.25, -0.2) is 0 Å². The average molecular weight is 418 g/mol. The highest BCUT2D eigenvalue weighted by Gasteiger charge is 2.25. The zero-order chi connectivity index (χ0) is 21.2. The van der Waals surface area contributed by atoms with Crippen molar-refractivity contribution in [2.24, 2.45) is 0 Å². The van der Waals surface area contributed by atoms with Gasteiger partial charge in [-0.05, 0) is 54.6 Å². The van der Waals surface area contributed by atoms with Gasteiger partial charge in [-0.15, -0.1) is 10.2 Å². The highest BCUT2D eigenvalue weighted by molar-refractivity contribution is 5.95. The lowest BCUT2D eigenvalue weighted by Gasteiger charge is -2.35. The molecule has 0 radical (unpaired) electrons. The quantitative estimate of drug-likeness (QED) is 0.645. The van der Waals surface area contributed by atoms with Crippen molar-refractivity contribution in [2.75, 3.05) is 45.0 Å². The van der Waals surface area contributed by atoms with Gasteiger partial charge in [-0.2, -0.15) is 0 Å². The molecule has 1 fully saturated rings. The Morgan fingerprint density at radius 3 is 2.39 bits per heavy atom. The molecule has 2 aliphatic heterocycles. The zero-order valence-corrected chi connectivity index (χ0v) is 17.2. The highest BCUT2D eigenvalue weighted by atomic mass is 16.7. The molecule has 1 saturated heterocycles. The van der Waals surface area contributed by atoms with Gasteiger partial charge in [-0.1, -0.05) is 0 Å². The largest absolute Gasteiger partial charge is 0.497 e. The lowest BCUT2D eigenvalue weighted by Crippen LogP contribution is -2.49. The van der Waals surface area contributed by atoms with E-state index in [4.69, 9.17) is 14.2 Å². The molecule has 2 aliphatic rings. The van der Waals surface area contributed by atoms with Crippen molar-refractivity contribution in [1.82, 2.24) is 15.1 Å². The molecule has 31 heavy (non-hydrogen) atoms. The van der Waals surface area contributed by atoms with Gasteiger partial charge in [0, 0.05) is 37.3 Å². The highest BCUT2D eigenvalue weighted by Crippen LogP contribution is 2.33. The van der Waals surface area contributed by atoms with Crippen LogP contribution in [-0.2, 0) is 0 Å². The minimum Gasteiger partial charge on any atom is -0.497 e. The number of anilines is 1. The Labute approximate surface area is 180 Å². The van der Waals surface area contributed by atoms with Crippen molar-refractivity contribution >= 4 is 11.7 Å². The summed E-state index contributed by atoms with van der Waals surface area (Å²) < 4.78 is 15.9. The van der Waals surface area contributed by atoms with E-state index in [1.54, 1.807) is 25.3 Å². The molecule has 2 aromatic carbocycles. The second kappa shape index (κ2) is 8.14. The molecule has 8 nitrogen and oxygen atoms in total. The maximum absolute atomic E-state index is 12.9. The first-order chi connectivity index (χ1) is 15.2. The van der Waals surface area contributed by atoms with Gasteiger partial charge < -0.3 is 24.0 Å². The van der Waals surface area contributed by atoms with Crippen LogP contribution in [-0.4, -0.2) is 61.1 Å². The fraction of sp³-hybridized carbons (Fsp3) is 0.261. The molecule has 3 aromatic rings. The van der Waals surface area contributed by atoms with Crippen LogP contribution in [0.15, 0.2) is 54.6 Å². The van der Waals surface area contributed by atoms with Crippen molar-refractivity contribution in [2.45, 2.75) is 0 Å². The summed E-state index contributed by atoms with van der Waals surface area (Å²) in [5.41, 5.74) is 2.41. The van der Waals surface area contributed by atoms with Gasteiger partial charge >= 0.3 is 0 Å². The van der Waals surface area contributed by atoms with E-state index in [9.17, 15) is 4.79 Å². The SMILES string of the molecule is COc1ccc(-c2ccc(N3CCN(C(=O)c4ccc5c(c4)OCO5)CC3)nn2)cc1. The van der Waals surface area contributed by atoms with E-state index in [0.29, 0.717) is 43.2 Å². The standard InChI is InChI=1S/C23H22N4O4/c1-29-18-5-2-16(3-6-18)19-7-9-22(25-24-19)26-10-12-27(13-11-26)23(28)17-4-8-20-21(14-17)31-15-30-20/h2-9,14H,10-13,15H2,1H3. The molecule has 0 aliphatic carbocycles. The lowest BCUT2D eigenvalue weighted by molar-refractivity contribution is 0.0746. The van der Waals surface area contributed by atoms with Crippen LogP contribution in [0.2, 0.25) is 0 Å². The maximum atomic E-state index is 12.9. The van der Waals surface area contributed by atoms with E-state index in [0.717, 1.165) is 22.8 Å². The van der Waals surface area contributed by atoms with Crippen LogP contribution >= 0.6 is 0 Å². The summed E-state index contributed by atoms with van der Waals surface area (Å²) in [5.74, 6) is 2.92. The fourth-order valence-electron chi connectivity index (χ4n) is 3.76. The van der Waals surface area contributed by atoms with Gasteiger partial charge in [0.05, 0.1) is 12.8 Å². The number of ether oxygens (including phenoxy) is 3. The number of hydrogen-bond acceptors (Lipinski definition) is 7. The zero-order valence-electron chi connectivity index (χ0n) is 17.2. The molecule has 1 aromatic heterocycles. The Balaban J connectivity index is 1.21. The summed E-state index contributed by atoms with van der Waals surface area (Å²) in [6, 6.07) is 17.0. The molecule has 5 rings (SSSR count). The number of nitrogens with zero attached hydrogens (tertiary/aromatic N) is 4. The maximum Gasteiger partial charge on any atom is 0.254 e. The number of carbonyl (C=O) groups excluding carboxylic acids is 1. The van der Waals surface area contributed by atoms with Crippen molar-refractivity contribution < 1.29 is 19.0 Å². The first-order valence-corrected chi connectivity index (χ1v) is 10.1. The second-order valence-electron chi connectivity index (χ2n) is 7.35. The molecular weight excluding hydrogens is 396 g/mol. The Morgan fingerprint density at radius 1 is 0.903 bits per heavy atom. The molecule has 0 saturated carbocycles. The average Bonchev–Trinajstić information content (AvgIpc) is 3.32. The summed E-state index contributed by atoms with van der Waals surface area (Å²) in [6.07, 6.45) is 0. The summed E-state index contributed by atoms with van der Waals surface area (Å²) in [7, 11) is 1.64. The Bertz CT molecular complexity index is 1080. The Kier molecular flexibility index (Phi) is 5.03. The van der Waals surface area contributed by atoms with Crippen LogP contribution in [0.3, 0.4) is 0 Å². The monoisotopic (exact) mass is 418 g/mol. The van der Waals surface area contributed by atoms with E-state index in [1.807, 2.05) is 41.3 Å². The number of benzene rings is 2. The molecule has 158 valence electrons. The molecule has 0 atom stereocenters. The molecule has 0 N–H and O–H groups in total. The van der Waals surface area contributed by atoms with E-state index >= 15 is 0 Å². The summed E-state index contributed by atoms with van der Waals surface area (Å²) >= 11 is 0. The predicted octanol–water partition coefficient (Wildman–Crippen LogP) is 2.84. The predicted molar refractivity (Wildman–Crippen MR) is 115 cm³/mol. The van der Waals surface area contributed by atoms with Crippen molar-refractivity contribution in [3.8, 4) is 28.5 Å². The topological polar surface area (TPSA) is 77.0 Å². The number of aromatic nitrogens is 2. The minimum atomic E-state index is -0.00103. The van der Waals surface area contributed by atoms with Gasteiger partial charge in [0.2, 0.25) is 6.79 Å². The number of fused-ring (bicyclic) bond motifs is 1. The van der Waals surface area contributed by atoms with Crippen LogP contribution in [0, 0.1) is 0 Å². The van der Waals surface area contributed by atoms with E-state index in [2.05, 4.69) is 15.1 Å². The van der Waals surface area contributed by atoms with Crippen molar-refractivity contribution in [3.05, 3.63) is 60.2 Å². The van der Waals surface area contributed by atoms with Crippen molar-refractivity contribution in [1.29, 1.82) is 0 Å². The molecular formula is C23H22N4O4. The summed E-state index contributed by atoms with van der Waals surface area (Å²) in [4.78, 5) is 16.9. The van der Waals surface area contributed by atoms with E-state index in [-0.39, 0.29) is 12.7 Å². The third-order valence-corrected chi connectivity index (χ3v) is 5.55. The minimum absolute atomic E-state index is 0.00103. The lowest BCUT2D eigenvalue weighted by atomic mass is 10.1. The van der Waals surface area contributed by atoms with Crippen LogP contribution in [0.4, 0.5) is 5.82 Å². The second-order valence-corrected chi connectivity index (χ2v) is 7.35. The van der Waals surface area contributed by atoms with Crippen molar-refractivity contribution in [3.63, 3.8) is 0 Å². The molecule has 8 heteroatoms. The number of piperazine rings is 1. The van der Waals surface area contributed by atoms with Crippen LogP contribution in [0.1, 0.15) is 10.4 Å². The van der Waals surface area contributed by atoms with Crippen LogP contribution < -0.4 is 19.1 Å². The molecule has 0 unspecified atom stereocenters. The normalized spacial score (nSPS) is 15.1. The number of methoxy groups -OCH3 is 1. The van der Waals surface area contributed by atoms with Crippen LogP contribution in [0.5, 0.6) is 17.2 Å². The van der Waals surface area contributed by atoms with Crippen LogP contribution in [0.25, 0.3) is 11.3 Å². The van der Waals surface area contributed by atoms with Gasteiger partial charge in [0.15, 0.2) is 17.3 Å². The van der Waals surface area contributed by atoms with Gasteiger partial charge in [-0.3, -0.25) is 4.79 Å². The summed E-state index contributed by atoms with van der Waals surface area (Å²) in [5, 5.41) is 8.78. The molecule has 1 amide bonds. The molecule has 0 spiro atoms. The number of hydrogen-bond donors (Lipinski definition) is 0. The first kappa shape index (κ1) is 19.2. The Hall–Kier alpha value is -3.81. The third-order valence-electron chi connectivity index (χ3n) is 5.55. The first-order valence-electron chi connectivity index (χ1n) is 10.1. The molecule has 3 heterocycles. The fourth-order valence-corrected chi connectivity index (χ4v) is 3.76. The van der Waals surface area contributed by atoms with E-state index in [1.165, 1.54) is 0 Å². The smallest absolute Gasteiger partial charge is 0.254 e. The number of amides is 1. The summed E-state index contributed by atoms with van der Waals surface area (Å²) in [6.45, 7) is 2.84. The molecule has 0 bridgehead atoms. The number of rotatable bonds is 4. The number of carbonyl (C=O) groups is 1. The van der Waals surface area contributed by atoms with E-state index < -0.39 is 0 Å².